The summed E-state index contributed by atoms with van der Waals surface area (Å²) in [4.78, 5) is 21.2. The molecule has 1 aromatic heterocycles. The summed E-state index contributed by atoms with van der Waals surface area (Å²) in [6.45, 7) is 0. The Bertz CT molecular complexity index is 366. The molecule has 0 saturated carbocycles. The van der Waals surface area contributed by atoms with E-state index in [2.05, 4.69) is 9.97 Å². The van der Waals surface area contributed by atoms with Gasteiger partial charge in [0, 0.05) is 18.8 Å². The van der Waals surface area contributed by atoms with Crippen LogP contribution < -0.4 is 4.90 Å². The largest absolute Gasteiger partial charge is 0.299 e. The van der Waals surface area contributed by atoms with E-state index in [9.17, 15) is 4.79 Å². The number of rotatable bonds is 1. The summed E-state index contributed by atoms with van der Waals surface area (Å²) in [6, 6.07) is 0. The van der Waals surface area contributed by atoms with Gasteiger partial charge in [-0.2, -0.15) is 0 Å². The quantitative estimate of drug-likeness (QED) is 0.489. The number of carbonyl (C=O) groups excluding carboxylic acids is 1. The second-order valence-corrected chi connectivity index (χ2v) is 3.61. The van der Waals surface area contributed by atoms with Crippen LogP contribution in [0.25, 0.3) is 0 Å². The van der Waals surface area contributed by atoms with E-state index in [1.54, 1.807) is 18.1 Å². The normalized spacial score (nSPS) is 14.9. The Morgan fingerprint density at radius 1 is 1.62 bits per heavy atom. The molecule has 1 amide bonds. The first-order chi connectivity index (χ1) is 6.22. The molecule has 4 nitrogen and oxygen atoms in total. The second kappa shape index (κ2) is 2.99. The number of fused-ring (bicyclic) bond motifs is 1. The standard InChI is InChI=1S/C8H9N3OS/c1-11-6(12)3-5-4-9-8(13-2)10-7(5)11/h4H,3H2,1-2H3. The Morgan fingerprint density at radius 2 is 2.38 bits per heavy atom. The number of hydrogen-bond donors (Lipinski definition) is 0. The molecule has 1 aliphatic heterocycles. The first-order valence-electron chi connectivity index (χ1n) is 3.89. The van der Waals surface area contributed by atoms with Crippen LogP contribution in [0, 0.1) is 0 Å². The molecule has 0 fully saturated rings. The van der Waals surface area contributed by atoms with Gasteiger partial charge in [0.1, 0.15) is 5.82 Å². The smallest absolute Gasteiger partial charge is 0.232 e. The fourth-order valence-electron chi connectivity index (χ4n) is 1.30. The molecule has 1 aliphatic rings. The van der Waals surface area contributed by atoms with E-state index in [-0.39, 0.29) is 5.91 Å². The van der Waals surface area contributed by atoms with Crippen molar-refractivity contribution in [2.45, 2.75) is 11.6 Å². The van der Waals surface area contributed by atoms with Crippen molar-refractivity contribution < 1.29 is 4.79 Å². The highest BCUT2D eigenvalue weighted by Crippen LogP contribution is 2.25. The minimum Gasteiger partial charge on any atom is -0.299 e. The molecule has 0 N–H and O–H groups in total. The second-order valence-electron chi connectivity index (χ2n) is 2.84. The summed E-state index contributed by atoms with van der Waals surface area (Å²) >= 11 is 1.48. The van der Waals surface area contributed by atoms with E-state index < -0.39 is 0 Å². The maximum Gasteiger partial charge on any atom is 0.232 e. The van der Waals surface area contributed by atoms with Crippen LogP contribution in [0.15, 0.2) is 11.4 Å². The van der Waals surface area contributed by atoms with Crippen molar-refractivity contribution >= 4 is 23.5 Å². The molecule has 5 heteroatoms. The molecule has 0 atom stereocenters. The lowest BCUT2D eigenvalue weighted by Gasteiger charge is -2.08. The molecule has 2 rings (SSSR count). The van der Waals surface area contributed by atoms with E-state index in [1.807, 2.05) is 6.26 Å². The van der Waals surface area contributed by atoms with E-state index in [0.717, 1.165) is 11.4 Å². The van der Waals surface area contributed by atoms with Crippen LogP contribution in [-0.4, -0.2) is 29.2 Å². The molecule has 0 spiro atoms. The van der Waals surface area contributed by atoms with Crippen molar-refractivity contribution in [2.75, 3.05) is 18.2 Å². The van der Waals surface area contributed by atoms with Gasteiger partial charge in [0.05, 0.1) is 6.42 Å². The van der Waals surface area contributed by atoms with Crippen molar-refractivity contribution in [3.8, 4) is 0 Å². The molecule has 0 radical (unpaired) electrons. The zero-order valence-electron chi connectivity index (χ0n) is 7.44. The number of nitrogens with zero attached hydrogens (tertiary/aromatic N) is 3. The fraction of sp³-hybridized carbons (Fsp3) is 0.375. The molecule has 0 unspecified atom stereocenters. The summed E-state index contributed by atoms with van der Waals surface area (Å²) in [7, 11) is 1.74. The predicted octanol–water partition coefficient (Wildman–Crippen LogP) is 0.717. The highest BCUT2D eigenvalue weighted by atomic mass is 32.2. The van der Waals surface area contributed by atoms with E-state index in [0.29, 0.717) is 11.6 Å². The minimum absolute atomic E-state index is 0.0857. The van der Waals surface area contributed by atoms with Crippen LogP contribution in [0.3, 0.4) is 0 Å². The summed E-state index contributed by atoms with van der Waals surface area (Å²) < 4.78 is 0. The molecule has 0 saturated heterocycles. The first kappa shape index (κ1) is 8.50. The van der Waals surface area contributed by atoms with E-state index >= 15 is 0 Å². The van der Waals surface area contributed by atoms with Gasteiger partial charge < -0.3 is 0 Å². The number of anilines is 1. The molecule has 0 aromatic carbocycles. The summed E-state index contributed by atoms with van der Waals surface area (Å²) in [5, 5.41) is 0.709. The van der Waals surface area contributed by atoms with Crippen molar-refractivity contribution in [1.82, 2.24) is 9.97 Å². The van der Waals surface area contributed by atoms with Crippen LogP contribution in [0.5, 0.6) is 0 Å². The number of aromatic nitrogens is 2. The minimum atomic E-state index is 0.0857. The summed E-state index contributed by atoms with van der Waals surface area (Å²) in [5.41, 5.74) is 0.922. The van der Waals surface area contributed by atoms with Gasteiger partial charge in [0.25, 0.3) is 0 Å². The van der Waals surface area contributed by atoms with E-state index in [1.165, 1.54) is 11.8 Å². The Balaban J connectivity index is 2.47. The van der Waals surface area contributed by atoms with Crippen molar-refractivity contribution in [1.29, 1.82) is 0 Å². The van der Waals surface area contributed by atoms with Gasteiger partial charge in [-0.05, 0) is 6.26 Å². The lowest BCUT2D eigenvalue weighted by atomic mass is 10.3. The van der Waals surface area contributed by atoms with Gasteiger partial charge in [-0.3, -0.25) is 9.69 Å². The van der Waals surface area contributed by atoms with Crippen molar-refractivity contribution in [3.63, 3.8) is 0 Å². The van der Waals surface area contributed by atoms with Gasteiger partial charge >= 0.3 is 0 Å². The van der Waals surface area contributed by atoms with Crippen LogP contribution in [0.2, 0.25) is 0 Å². The number of thioether (sulfide) groups is 1. The fourth-order valence-corrected chi connectivity index (χ4v) is 1.63. The predicted molar refractivity (Wildman–Crippen MR) is 50.9 cm³/mol. The maximum absolute atomic E-state index is 11.3. The number of hydrogen-bond acceptors (Lipinski definition) is 4. The molecule has 13 heavy (non-hydrogen) atoms. The van der Waals surface area contributed by atoms with Crippen molar-refractivity contribution in [2.24, 2.45) is 0 Å². The molecule has 2 heterocycles. The topological polar surface area (TPSA) is 46.1 Å². The zero-order valence-corrected chi connectivity index (χ0v) is 8.26. The monoisotopic (exact) mass is 195 g/mol. The van der Waals surface area contributed by atoms with Crippen LogP contribution in [0.4, 0.5) is 5.82 Å². The Kier molecular flexibility index (Phi) is 1.95. The average Bonchev–Trinajstić information content (AvgIpc) is 2.43. The average molecular weight is 195 g/mol. The van der Waals surface area contributed by atoms with Gasteiger partial charge in [0.2, 0.25) is 5.91 Å². The number of amides is 1. The third kappa shape index (κ3) is 1.29. The van der Waals surface area contributed by atoms with Gasteiger partial charge in [-0.25, -0.2) is 9.97 Å². The Hall–Kier alpha value is -1.10. The molecule has 1 aromatic rings. The lowest BCUT2D eigenvalue weighted by Crippen LogP contribution is -2.21. The lowest BCUT2D eigenvalue weighted by molar-refractivity contribution is -0.117. The van der Waals surface area contributed by atoms with Crippen LogP contribution in [0.1, 0.15) is 5.56 Å². The van der Waals surface area contributed by atoms with Gasteiger partial charge in [-0.1, -0.05) is 11.8 Å². The first-order valence-corrected chi connectivity index (χ1v) is 5.11. The maximum atomic E-state index is 11.3. The Labute approximate surface area is 80.4 Å². The van der Waals surface area contributed by atoms with Crippen molar-refractivity contribution in [3.05, 3.63) is 11.8 Å². The summed E-state index contributed by atoms with van der Waals surface area (Å²) in [5.74, 6) is 0.840. The molecule has 0 aliphatic carbocycles. The molecule has 0 bridgehead atoms. The third-order valence-electron chi connectivity index (χ3n) is 2.04. The highest BCUT2D eigenvalue weighted by Gasteiger charge is 2.25. The summed E-state index contributed by atoms with van der Waals surface area (Å²) in [6.07, 6.45) is 4.08. The SMILES string of the molecule is CSc1ncc2c(n1)N(C)C(=O)C2. The van der Waals surface area contributed by atoms with Crippen LogP contribution >= 0.6 is 11.8 Å². The van der Waals surface area contributed by atoms with Crippen LogP contribution in [-0.2, 0) is 11.2 Å². The molecular formula is C8H9N3OS. The number of likely N-dealkylation sites (N-methyl/N-ethyl adjacent to an activating group) is 1. The third-order valence-corrected chi connectivity index (χ3v) is 2.60. The van der Waals surface area contributed by atoms with E-state index in [4.69, 9.17) is 0 Å². The van der Waals surface area contributed by atoms with Gasteiger partial charge in [0.15, 0.2) is 5.16 Å². The number of carbonyl (C=O) groups is 1. The molecular weight excluding hydrogens is 186 g/mol. The molecule has 68 valence electrons. The zero-order chi connectivity index (χ0) is 9.42. The Morgan fingerprint density at radius 3 is 3.08 bits per heavy atom. The highest BCUT2D eigenvalue weighted by molar-refractivity contribution is 7.98. The van der Waals surface area contributed by atoms with Gasteiger partial charge in [-0.15, -0.1) is 0 Å².